The predicted octanol–water partition coefficient (Wildman–Crippen LogP) is 6.15. The number of nitrogens with zero attached hydrogens (tertiary/aromatic N) is 3. The molecule has 4 rings (SSSR count). The summed E-state index contributed by atoms with van der Waals surface area (Å²) in [6.07, 6.45) is -0.283. The van der Waals surface area contributed by atoms with E-state index in [9.17, 15) is 13.2 Å². The molecule has 0 bridgehead atoms. The summed E-state index contributed by atoms with van der Waals surface area (Å²) in [7, 11) is 0. The minimum absolute atomic E-state index is 0.194. The van der Waals surface area contributed by atoms with E-state index >= 15 is 0 Å². The van der Waals surface area contributed by atoms with Crippen LogP contribution in [-0.2, 0) is 25.7 Å². The average molecular weight is 456 g/mol. The van der Waals surface area contributed by atoms with Crippen molar-refractivity contribution in [3.05, 3.63) is 77.1 Å². The van der Waals surface area contributed by atoms with E-state index in [1.165, 1.54) is 24.1 Å². The van der Waals surface area contributed by atoms with Crippen LogP contribution in [-0.4, -0.2) is 28.0 Å². The summed E-state index contributed by atoms with van der Waals surface area (Å²) in [5.41, 5.74) is 3.23. The summed E-state index contributed by atoms with van der Waals surface area (Å²) < 4.78 is 43.7. The molecule has 4 nitrogen and oxygen atoms in total. The van der Waals surface area contributed by atoms with Crippen molar-refractivity contribution < 1.29 is 17.9 Å². The van der Waals surface area contributed by atoms with Crippen LogP contribution >= 0.6 is 0 Å². The molecule has 0 radical (unpaired) electrons. The standard InChI is InChI=1S/C26H28F3N3O/c1-3-18(2)15-32-13-12-24-21(16-32)14-30-25(31-24)20-6-10-23(11-7-20)33-17-19-4-8-22(9-5-19)26(27,28)29/h4-11,14,18H,3,12-13,15-17H2,1-2H3. The van der Waals surface area contributed by atoms with Crippen molar-refractivity contribution in [2.75, 3.05) is 13.1 Å². The molecule has 2 heterocycles. The lowest BCUT2D eigenvalue weighted by molar-refractivity contribution is -0.137. The highest BCUT2D eigenvalue weighted by molar-refractivity contribution is 5.56. The van der Waals surface area contributed by atoms with Crippen LogP contribution in [0.15, 0.2) is 54.7 Å². The third-order valence-corrected chi connectivity index (χ3v) is 6.08. The number of ether oxygens (including phenoxy) is 1. The first-order valence-corrected chi connectivity index (χ1v) is 11.3. The fraction of sp³-hybridized carbons (Fsp3) is 0.385. The number of aromatic nitrogens is 2. The summed E-state index contributed by atoms with van der Waals surface area (Å²) in [6, 6.07) is 12.5. The lowest BCUT2D eigenvalue weighted by atomic mass is 10.0. The average Bonchev–Trinajstić information content (AvgIpc) is 2.82. The molecule has 2 aromatic carbocycles. The summed E-state index contributed by atoms with van der Waals surface area (Å²) in [5.74, 6) is 2.02. The Morgan fingerprint density at radius 2 is 1.79 bits per heavy atom. The molecule has 0 spiro atoms. The minimum Gasteiger partial charge on any atom is -0.489 e. The molecular formula is C26H28F3N3O. The van der Waals surface area contributed by atoms with Gasteiger partial charge in [-0.2, -0.15) is 13.2 Å². The van der Waals surface area contributed by atoms with E-state index in [0.717, 1.165) is 49.4 Å². The second-order valence-corrected chi connectivity index (χ2v) is 8.67. The first kappa shape index (κ1) is 23.2. The summed E-state index contributed by atoms with van der Waals surface area (Å²) in [4.78, 5) is 11.8. The van der Waals surface area contributed by atoms with Crippen LogP contribution in [0.2, 0.25) is 0 Å². The molecule has 0 fully saturated rings. The van der Waals surface area contributed by atoms with Crippen LogP contribution in [0.4, 0.5) is 13.2 Å². The number of benzene rings is 2. The molecule has 1 atom stereocenters. The molecule has 0 saturated heterocycles. The van der Waals surface area contributed by atoms with Crippen molar-refractivity contribution >= 4 is 0 Å². The van der Waals surface area contributed by atoms with Gasteiger partial charge in [0.05, 0.1) is 11.3 Å². The van der Waals surface area contributed by atoms with Crippen LogP contribution in [0, 0.1) is 5.92 Å². The van der Waals surface area contributed by atoms with Gasteiger partial charge in [-0.05, 0) is 47.9 Å². The fourth-order valence-corrected chi connectivity index (χ4v) is 3.90. The molecule has 1 unspecified atom stereocenters. The van der Waals surface area contributed by atoms with Gasteiger partial charge in [0.1, 0.15) is 12.4 Å². The Morgan fingerprint density at radius 1 is 1.06 bits per heavy atom. The van der Waals surface area contributed by atoms with Gasteiger partial charge in [0.2, 0.25) is 0 Å². The Hall–Kier alpha value is -2.93. The zero-order valence-corrected chi connectivity index (χ0v) is 18.9. The second-order valence-electron chi connectivity index (χ2n) is 8.67. The van der Waals surface area contributed by atoms with Crippen LogP contribution in [0.25, 0.3) is 11.4 Å². The summed E-state index contributed by atoms with van der Waals surface area (Å²) in [5, 5.41) is 0. The Balaban J connectivity index is 1.36. The van der Waals surface area contributed by atoms with Gasteiger partial charge in [-0.3, -0.25) is 4.90 Å². The van der Waals surface area contributed by atoms with Gasteiger partial charge in [0.15, 0.2) is 5.82 Å². The number of halogens is 3. The van der Waals surface area contributed by atoms with E-state index in [1.807, 2.05) is 30.5 Å². The zero-order valence-electron chi connectivity index (χ0n) is 18.9. The maximum absolute atomic E-state index is 12.7. The second kappa shape index (κ2) is 9.91. The number of hydrogen-bond acceptors (Lipinski definition) is 4. The van der Waals surface area contributed by atoms with Gasteiger partial charge in [-0.25, -0.2) is 9.97 Å². The molecule has 7 heteroatoms. The van der Waals surface area contributed by atoms with Crippen LogP contribution in [0.5, 0.6) is 5.75 Å². The van der Waals surface area contributed by atoms with Crippen molar-refractivity contribution in [2.45, 2.75) is 46.0 Å². The highest BCUT2D eigenvalue weighted by Gasteiger charge is 2.29. The molecule has 0 amide bonds. The first-order chi connectivity index (χ1) is 15.8. The first-order valence-electron chi connectivity index (χ1n) is 11.3. The summed E-state index contributed by atoms with van der Waals surface area (Å²) in [6.45, 7) is 7.72. The van der Waals surface area contributed by atoms with Gasteiger partial charge in [-0.1, -0.05) is 32.4 Å². The highest BCUT2D eigenvalue weighted by Crippen LogP contribution is 2.29. The molecule has 1 aliphatic heterocycles. The lowest BCUT2D eigenvalue weighted by Crippen LogP contribution is -2.34. The van der Waals surface area contributed by atoms with E-state index < -0.39 is 11.7 Å². The third-order valence-electron chi connectivity index (χ3n) is 6.08. The number of fused-ring (bicyclic) bond motifs is 1. The van der Waals surface area contributed by atoms with E-state index in [-0.39, 0.29) is 6.61 Å². The molecule has 1 aliphatic rings. The lowest BCUT2D eigenvalue weighted by Gasteiger charge is -2.30. The van der Waals surface area contributed by atoms with Gasteiger partial charge >= 0.3 is 6.18 Å². The van der Waals surface area contributed by atoms with Crippen LogP contribution in [0.3, 0.4) is 0 Å². The van der Waals surface area contributed by atoms with Gasteiger partial charge < -0.3 is 4.74 Å². The van der Waals surface area contributed by atoms with Gasteiger partial charge in [0, 0.05) is 43.4 Å². The van der Waals surface area contributed by atoms with E-state index in [1.54, 1.807) is 0 Å². The number of hydrogen-bond donors (Lipinski definition) is 0. The number of alkyl halides is 3. The van der Waals surface area contributed by atoms with Gasteiger partial charge in [0.25, 0.3) is 0 Å². The zero-order chi connectivity index (χ0) is 23.4. The van der Waals surface area contributed by atoms with Crippen molar-refractivity contribution in [3.8, 4) is 17.1 Å². The normalized spacial score (nSPS) is 15.2. The maximum Gasteiger partial charge on any atom is 0.416 e. The molecule has 3 aromatic rings. The molecule has 0 N–H and O–H groups in total. The predicted molar refractivity (Wildman–Crippen MR) is 122 cm³/mol. The number of rotatable bonds is 7. The molecule has 33 heavy (non-hydrogen) atoms. The third kappa shape index (κ3) is 5.90. The molecule has 1 aromatic heterocycles. The van der Waals surface area contributed by atoms with Gasteiger partial charge in [-0.15, -0.1) is 0 Å². The van der Waals surface area contributed by atoms with E-state index in [4.69, 9.17) is 9.72 Å². The molecular weight excluding hydrogens is 427 g/mol. The molecule has 0 saturated carbocycles. The molecule has 0 aliphatic carbocycles. The quantitative estimate of drug-likeness (QED) is 0.429. The van der Waals surface area contributed by atoms with Crippen LogP contribution < -0.4 is 4.74 Å². The van der Waals surface area contributed by atoms with Crippen LogP contribution in [0.1, 0.15) is 42.7 Å². The largest absolute Gasteiger partial charge is 0.489 e. The SMILES string of the molecule is CCC(C)CN1CCc2nc(-c3ccc(OCc4ccc(C(F)(F)F)cc4)cc3)ncc2C1. The van der Waals surface area contributed by atoms with E-state index in [0.29, 0.717) is 23.1 Å². The van der Waals surface area contributed by atoms with Crippen molar-refractivity contribution in [2.24, 2.45) is 5.92 Å². The Morgan fingerprint density at radius 3 is 2.45 bits per heavy atom. The van der Waals surface area contributed by atoms with E-state index in [2.05, 4.69) is 23.7 Å². The smallest absolute Gasteiger partial charge is 0.416 e. The fourth-order valence-electron chi connectivity index (χ4n) is 3.90. The Kier molecular flexibility index (Phi) is 6.98. The van der Waals surface area contributed by atoms with Crippen molar-refractivity contribution in [3.63, 3.8) is 0 Å². The van der Waals surface area contributed by atoms with Crippen molar-refractivity contribution in [1.82, 2.24) is 14.9 Å². The Bertz CT molecular complexity index is 1070. The highest BCUT2D eigenvalue weighted by atomic mass is 19.4. The molecule has 174 valence electrons. The Labute approximate surface area is 192 Å². The monoisotopic (exact) mass is 455 g/mol. The summed E-state index contributed by atoms with van der Waals surface area (Å²) >= 11 is 0. The minimum atomic E-state index is -4.33. The topological polar surface area (TPSA) is 38.2 Å². The van der Waals surface area contributed by atoms with Crippen molar-refractivity contribution in [1.29, 1.82) is 0 Å². The maximum atomic E-state index is 12.7.